The first-order chi connectivity index (χ1) is 11.7. The van der Waals surface area contributed by atoms with E-state index in [0.29, 0.717) is 0 Å². The molecule has 0 amide bonds. The topological polar surface area (TPSA) is 37.3 Å². The van der Waals surface area contributed by atoms with E-state index in [1.54, 1.807) is 0 Å². The SMILES string of the molecule is O=C(O)C(F)(F)C(F)(F)C(F)(F)C(F)(F)C(F)(F)C(F)(F)C(F)(F)C(F)(F)F.[LiH]. The van der Waals surface area contributed by atoms with E-state index in [1.165, 1.54) is 0 Å². The average Bonchev–Trinajstić information content (AvgIpc) is 2.44. The van der Waals surface area contributed by atoms with Gasteiger partial charge in [0.1, 0.15) is 0 Å². The predicted molar refractivity (Wildman–Crippen MR) is 55.5 cm³/mol. The van der Waals surface area contributed by atoms with Crippen molar-refractivity contribution in [1.82, 2.24) is 0 Å². The van der Waals surface area contributed by atoms with E-state index in [1.807, 2.05) is 0 Å². The summed E-state index contributed by atoms with van der Waals surface area (Å²) >= 11 is 0. The summed E-state index contributed by atoms with van der Waals surface area (Å²) in [6.07, 6.45) is -7.83. The van der Waals surface area contributed by atoms with Crippen LogP contribution in [0.1, 0.15) is 0 Å². The molecule has 0 unspecified atom stereocenters. The van der Waals surface area contributed by atoms with Gasteiger partial charge in [-0.2, -0.15) is 74.6 Å². The first-order valence-electron chi connectivity index (χ1n) is 5.64. The molecule has 170 valence electrons. The van der Waals surface area contributed by atoms with Gasteiger partial charge in [-0.1, -0.05) is 0 Å². The number of hydrogen-bond donors (Lipinski definition) is 1. The number of hydrogen-bond acceptors (Lipinski definition) is 1. The van der Waals surface area contributed by atoms with Gasteiger partial charge in [0.15, 0.2) is 0 Å². The van der Waals surface area contributed by atoms with Crippen molar-refractivity contribution in [3.8, 4) is 0 Å². The van der Waals surface area contributed by atoms with Crippen LogP contribution in [0.25, 0.3) is 0 Å². The number of carboxylic acids is 1. The molecule has 0 spiro atoms. The summed E-state index contributed by atoms with van der Waals surface area (Å²) in [5, 5.41) is 7.59. The summed E-state index contributed by atoms with van der Waals surface area (Å²) < 4.78 is 214. The Hall–Kier alpha value is -1.12. The number of alkyl halides is 17. The molecule has 0 bridgehead atoms. The van der Waals surface area contributed by atoms with E-state index >= 15 is 0 Å². The average molecular weight is 472 g/mol. The number of rotatable bonds is 7. The third-order valence-electron chi connectivity index (χ3n) is 2.99. The Balaban J connectivity index is 0. The molecule has 29 heavy (non-hydrogen) atoms. The van der Waals surface area contributed by atoms with Crippen LogP contribution in [0.15, 0.2) is 0 Å². The second-order valence-electron chi connectivity index (χ2n) is 4.82. The van der Waals surface area contributed by atoms with E-state index in [4.69, 9.17) is 5.11 Å². The van der Waals surface area contributed by atoms with Gasteiger partial charge >= 0.3 is 72.5 Å². The third kappa shape index (κ3) is 3.61. The molecule has 0 heterocycles. The quantitative estimate of drug-likeness (QED) is 0.440. The van der Waals surface area contributed by atoms with E-state index in [2.05, 4.69) is 0 Å². The Morgan fingerprint density at radius 1 is 0.448 bits per heavy atom. The third-order valence-corrected chi connectivity index (χ3v) is 2.99. The first kappa shape index (κ1) is 30.1. The Morgan fingerprint density at radius 2 is 0.655 bits per heavy atom. The molecule has 0 saturated heterocycles. The molecular formula is C9H2F17LiO2. The fourth-order valence-corrected chi connectivity index (χ4v) is 1.30. The Morgan fingerprint density at radius 3 is 0.862 bits per heavy atom. The Bertz CT molecular complexity index is 621. The second kappa shape index (κ2) is 7.23. The van der Waals surface area contributed by atoms with Crippen LogP contribution in [-0.4, -0.2) is 77.6 Å². The molecule has 0 aliphatic heterocycles. The minimum absolute atomic E-state index is 0. The minimum atomic E-state index is -8.76. The van der Waals surface area contributed by atoms with Crippen LogP contribution in [-0.2, 0) is 4.79 Å². The van der Waals surface area contributed by atoms with Gasteiger partial charge in [-0.05, 0) is 0 Å². The van der Waals surface area contributed by atoms with Gasteiger partial charge < -0.3 is 5.11 Å². The molecule has 0 fully saturated rings. The molecule has 0 saturated carbocycles. The summed E-state index contributed by atoms with van der Waals surface area (Å²) in [6, 6.07) is 0. The summed E-state index contributed by atoms with van der Waals surface area (Å²) in [7, 11) is 0. The molecule has 0 aliphatic rings. The molecule has 0 aromatic carbocycles. The van der Waals surface area contributed by atoms with Crippen molar-refractivity contribution in [1.29, 1.82) is 0 Å². The fourth-order valence-electron chi connectivity index (χ4n) is 1.30. The maximum absolute atomic E-state index is 13.0. The summed E-state index contributed by atoms with van der Waals surface area (Å²) in [5.74, 6) is -62.9. The normalized spacial score (nSPS) is 15.8. The maximum atomic E-state index is 13.0. The standard InChI is InChI=1S/C9HF17O2.Li.H/c10-2(11,1(27)28)3(12,13)4(14,15)5(16,17)6(18,19)7(20,21)8(22,23)9(24,25)26;;/h(H,27,28);;. The van der Waals surface area contributed by atoms with Crippen LogP contribution in [0, 0.1) is 0 Å². The van der Waals surface area contributed by atoms with Crippen LogP contribution in [0.4, 0.5) is 74.6 Å². The van der Waals surface area contributed by atoms with Crippen molar-refractivity contribution in [2.45, 2.75) is 47.6 Å². The molecule has 20 heteroatoms. The zero-order valence-electron chi connectivity index (χ0n) is 11.8. The van der Waals surface area contributed by atoms with Crippen LogP contribution >= 0.6 is 0 Å². The van der Waals surface area contributed by atoms with Crippen molar-refractivity contribution in [3.63, 3.8) is 0 Å². The molecule has 0 aromatic heterocycles. The number of carboxylic acid groups (broad SMARTS) is 1. The number of aliphatic carboxylic acids is 1. The monoisotopic (exact) mass is 472 g/mol. The second-order valence-corrected chi connectivity index (χ2v) is 4.82. The molecule has 0 atom stereocenters. The molecular weight excluding hydrogens is 470 g/mol. The van der Waals surface area contributed by atoms with Gasteiger partial charge in [-0.15, -0.1) is 0 Å². The van der Waals surface area contributed by atoms with E-state index in [-0.39, 0.29) is 18.9 Å². The van der Waals surface area contributed by atoms with Gasteiger partial charge in [-0.25, -0.2) is 4.79 Å². The number of halogens is 17. The van der Waals surface area contributed by atoms with Gasteiger partial charge in [0, 0.05) is 0 Å². The number of carbonyl (C=O) groups is 1. The van der Waals surface area contributed by atoms with Gasteiger partial charge in [0.05, 0.1) is 0 Å². The molecule has 1 N–H and O–H groups in total. The van der Waals surface area contributed by atoms with Crippen molar-refractivity contribution in [2.24, 2.45) is 0 Å². The molecule has 0 rings (SSSR count). The molecule has 0 aromatic rings. The zero-order chi connectivity index (χ0) is 23.6. The predicted octanol–water partition coefficient (Wildman–Crippen LogP) is 4.43. The van der Waals surface area contributed by atoms with Gasteiger partial charge in [0.25, 0.3) is 0 Å². The van der Waals surface area contributed by atoms with E-state index in [9.17, 15) is 79.4 Å². The van der Waals surface area contributed by atoms with Crippen LogP contribution in [0.2, 0.25) is 0 Å². The molecule has 2 nitrogen and oxygen atoms in total. The zero-order valence-corrected chi connectivity index (χ0v) is 11.8. The fraction of sp³-hybridized carbons (Fsp3) is 0.889. The van der Waals surface area contributed by atoms with Crippen molar-refractivity contribution >= 4 is 24.8 Å². The summed E-state index contributed by atoms with van der Waals surface area (Å²) in [4.78, 5) is 9.77. The van der Waals surface area contributed by atoms with Crippen molar-refractivity contribution in [3.05, 3.63) is 0 Å². The Kier molecular flexibility index (Phi) is 7.50. The van der Waals surface area contributed by atoms with Crippen LogP contribution < -0.4 is 0 Å². The van der Waals surface area contributed by atoms with Gasteiger partial charge in [0.2, 0.25) is 0 Å². The van der Waals surface area contributed by atoms with Gasteiger partial charge in [-0.3, -0.25) is 0 Å². The molecule has 0 aliphatic carbocycles. The van der Waals surface area contributed by atoms with Crippen LogP contribution in [0.5, 0.6) is 0 Å². The van der Waals surface area contributed by atoms with E-state index in [0.717, 1.165) is 0 Å². The van der Waals surface area contributed by atoms with Crippen molar-refractivity contribution < 1.29 is 84.5 Å². The summed E-state index contributed by atoms with van der Waals surface area (Å²) in [6.45, 7) is 0. The van der Waals surface area contributed by atoms with Crippen LogP contribution in [0.3, 0.4) is 0 Å². The Labute approximate surface area is 158 Å². The molecule has 0 radical (unpaired) electrons. The summed E-state index contributed by atoms with van der Waals surface area (Å²) in [5.41, 5.74) is 0. The first-order valence-corrected chi connectivity index (χ1v) is 5.64. The van der Waals surface area contributed by atoms with E-state index < -0.39 is 53.6 Å². The van der Waals surface area contributed by atoms with Crippen molar-refractivity contribution in [2.75, 3.05) is 0 Å².